The summed E-state index contributed by atoms with van der Waals surface area (Å²) < 4.78 is 18.9. The van der Waals surface area contributed by atoms with Crippen LogP contribution in [0.2, 0.25) is 0 Å². The number of aryl methyl sites for hydroxylation is 4. The SMILES string of the molecule is CNC(=O)COc1ccc(CCc2cc3nc(-c4c(C)noc4C)ccc3n2CCN2CCOCC2)cc1. The molecule has 0 spiro atoms. The maximum Gasteiger partial charge on any atom is 0.257 e. The number of rotatable bonds is 10. The number of pyridine rings is 1. The van der Waals surface area contributed by atoms with Gasteiger partial charge in [-0.3, -0.25) is 9.69 Å². The largest absolute Gasteiger partial charge is 0.484 e. The van der Waals surface area contributed by atoms with Crippen molar-refractivity contribution < 1.29 is 18.8 Å². The van der Waals surface area contributed by atoms with Gasteiger partial charge in [-0.25, -0.2) is 4.98 Å². The van der Waals surface area contributed by atoms with Crippen LogP contribution in [0, 0.1) is 13.8 Å². The molecule has 5 rings (SSSR count). The minimum Gasteiger partial charge on any atom is -0.484 e. The molecule has 9 heteroatoms. The van der Waals surface area contributed by atoms with Crippen LogP contribution >= 0.6 is 0 Å². The van der Waals surface area contributed by atoms with Crippen LogP contribution < -0.4 is 10.1 Å². The zero-order valence-corrected chi connectivity index (χ0v) is 22.3. The summed E-state index contributed by atoms with van der Waals surface area (Å²) in [6, 6.07) is 14.4. The molecule has 0 unspecified atom stereocenters. The van der Waals surface area contributed by atoms with Crippen molar-refractivity contribution in [2.45, 2.75) is 33.2 Å². The Morgan fingerprint density at radius 1 is 1.05 bits per heavy atom. The van der Waals surface area contributed by atoms with E-state index >= 15 is 0 Å². The van der Waals surface area contributed by atoms with Gasteiger partial charge in [-0.1, -0.05) is 17.3 Å². The van der Waals surface area contributed by atoms with Gasteiger partial charge in [-0.2, -0.15) is 0 Å². The number of ether oxygens (including phenoxy) is 2. The summed E-state index contributed by atoms with van der Waals surface area (Å²) in [6.45, 7) is 9.30. The molecule has 38 heavy (non-hydrogen) atoms. The lowest BCUT2D eigenvalue weighted by molar-refractivity contribution is -0.122. The van der Waals surface area contributed by atoms with E-state index in [9.17, 15) is 4.79 Å². The first kappa shape index (κ1) is 25.9. The van der Waals surface area contributed by atoms with E-state index in [0.29, 0.717) is 5.75 Å². The molecular formula is C29H35N5O4. The number of carbonyl (C=O) groups excluding carboxylic acids is 1. The van der Waals surface area contributed by atoms with Crippen LogP contribution in [-0.2, 0) is 28.9 Å². The number of fused-ring (bicyclic) bond motifs is 1. The number of amides is 1. The Kier molecular flexibility index (Phi) is 8.05. The molecule has 0 bridgehead atoms. The number of nitrogens with one attached hydrogen (secondary N) is 1. The third-order valence-corrected chi connectivity index (χ3v) is 7.12. The topological polar surface area (TPSA) is 94.7 Å². The minimum atomic E-state index is -0.148. The number of hydrogen-bond acceptors (Lipinski definition) is 7. The third kappa shape index (κ3) is 5.89. The van der Waals surface area contributed by atoms with Crippen LogP contribution in [0.3, 0.4) is 0 Å². The second kappa shape index (κ2) is 11.8. The molecule has 0 aliphatic carbocycles. The summed E-state index contributed by atoms with van der Waals surface area (Å²) in [6.07, 6.45) is 1.78. The molecule has 1 aliphatic rings. The van der Waals surface area contributed by atoms with Crippen LogP contribution in [-0.4, -0.2) is 72.0 Å². The van der Waals surface area contributed by atoms with Crippen molar-refractivity contribution in [1.29, 1.82) is 0 Å². The number of carbonyl (C=O) groups is 1. The smallest absolute Gasteiger partial charge is 0.257 e. The Balaban J connectivity index is 1.36. The molecule has 1 amide bonds. The van der Waals surface area contributed by atoms with Crippen molar-refractivity contribution >= 4 is 16.9 Å². The molecular weight excluding hydrogens is 482 g/mol. The van der Waals surface area contributed by atoms with Gasteiger partial charge in [0.2, 0.25) is 0 Å². The first-order valence-corrected chi connectivity index (χ1v) is 13.2. The first-order valence-electron chi connectivity index (χ1n) is 13.2. The monoisotopic (exact) mass is 517 g/mol. The van der Waals surface area contributed by atoms with E-state index in [2.05, 4.69) is 50.3 Å². The highest BCUT2D eigenvalue weighted by Gasteiger charge is 2.17. The molecule has 4 aromatic rings. The molecule has 1 fully saturated rings. The fourth-order valence-electron chi connectivity index (χ4n) is 4.96. The van der Waals surface area contributed by atoms with Crippen molar-refractivity contribution in [2.24, 2.45) is 0 Å². The standard InChI is InChI=1S/C29H35N5O4/c1-20-29(21(2)38-32-20)25-10-11-27-26(31-25)18-23(34(27)13-12-33-14-16-36-17-15-33)7-4-22-5-8-24(9-6-22)37-19-28(35)30-3/h5-6,8-11,18H,4,7,12-17,19H2,1-3H3,(H,30,35). The lowest BCUT2D eigenvalue weighted by Crippen LogP contribution is -2.38. The minimum absolute atomic E-state index is 0.0159. The predicted molar refractivity (Wildman–Crippen MR) is 145 cm³/mol. The molecule has 1 saturated heterocycles. The molecule has 0 radical (unpaired) electrons. The Labute approximate surface area is 222 Å². The number of aromatic nitrogens is 3. The van der Waals surface area contributed by atoms with Crippen molar-refractivity contribution in [3.8, 4) is 17.0 Å². The van der Waals surface area contributed by atoms with Crippen molar-refractivity contribution in [2.75, 3.05) is 46.5 Å². The third-order valence-electron chi connectivity index (χ3n) is 7.12. The predicted octanol–water partition coefficient (Wildman–Crippen LogP) is 3.55. The Morgan fingerprint density at radius 3 is 2.55 bits per heavy atom. The molecule has 200 valence electrons. The summed E-state index contributed by atoms with van der Waals surface area (Å²) in [5.74, 6) is 1.32. The van der Waals surface area contributed by atoms with Crippen LogP contribution in [0.4, 0.5) is 0 Å². The fraction of sp³-hybridized carbons (Fsp3) is 0.414. The van der Waals surface area contributed by atoms with Gasteiger partial charge in [0.25, 0.3) is 5.91 Å². The average molecular weight is 518 g/mol. The van der Waals surface area contributed by atoms with Crippen LogP contribution in [0.25, 0.3) is 22.3 Å². The first-order chi connectivity index (χ1) is 18.5. The molecule has 1 aromatic carbocycles. The maximum absolute atomic E-state index is 11.4. The van der Waals surface area contributed by atoms with Crippen LogP contribution in [0.5, 0.6) is 5.75 Å². The summed E-state index contributed by atoms with van der Waals surface area (Å²) in [7, 11) is 1.60. The zero-order valence-electron chi connectivity index (χ0n) is 22.3. The maximum atomic E-state index is 11.4. The molecule has 0 atom stereocenters. The molecule has 9 nitrogen and oxygen atoms in total. The Hall–Kier alpha value is -3.69. The summed E-state index contributed by atoms with van der Waals surface area (Å²) >= 11 is 0. The highest BCUT2D eigenvalue weighted by molar-refractivity contribution is 5.81. The van der Waals surface area contributed by atoms with Gasteiger partial charge in [0.05, 0.1) is 41.2 Å². The molecule has 1 N–H and O–H groups in total. The van der Waals surface area contributed by atoms with E-state index in [1.54, 1.807) is 7.05 Å². The fourth-order valence-corrected chi connectivity index (χ4v) is 4.96. The van der Waals surface area contributed by atoms with Gasteiger partial charge < -0.3 is 23.9 Å². The second-order valence-electron chi connectivity index (χ2n) is 9.65. The van der Waals surface area contributed by atoms with Crippen molar-refractivity contribution in [3.63, 3.8) is 0 Å². The van der Waals surface area contributed by atoms with Crippen molar-refractivity contribution in [1.82, 2.24) is 24.9 Å². The number of hydrogen-bond donors (Lipinski definition) is 1. The van der Waals surface area contributed by atoms with Gasteiger partial charge in [-0.05, 0) is 62.6 Å². The number of nitrogens with zero attached hydrogens (tertiary/aromatic N) is 4. The highest BCUT2D eigenvalue weighted by atomic mass is 16.5. The lowest BCUT2D eigenvalue weighted by atomic mass is 10.1. The van der Waals surface area contributed by atoms with Crippen molar-refractivity contribution in [3.05, 3.63) is 65.2 Å². The second-order valence-corrected chi connectivity index (χ2v) is 9.65. The van der Waals surface area contributed by atoms with E-state index in [1.165, 1.54) is 11.3 Å². The van der Waals surface area contributed by atoms with Crippen LogP contribution in [0.15, 0.2) is 47.0 Å². The highest BCUT2D eigenvalue weighted by Crippen LogP contribution is 2.29. The number of likely N-dealkylation sites (N-methyl/N-ethyl adjacent to an activating group) is 1. The summed E-state index contributed by atoms with van der Waals surface area (Å²) in [4.78, 5) is 18.9. The van der Waals surface area contributed by atoms with E-state index in [0.717, 1.165) is 86.0 Å². The van der Waals surface area contributed by atoms with E-state index < -0.39 is 0 Å². The zero-order chi connectivity index (χ0) is 26.5. The van der Waals surface area contributed by atoms with Gasteiger partial charge in [0.1, 0.15) is 11.5 Å². The summed E-state index contributed by atoms with van der Waals surface area (Å²) in [5, 5.41) is 6.67. The normalized spacial score (nSPS) is 14.2. The number of benzene rings is 1. The summed E-state index contributed by atoms with van der Waals surface area (Å²) in [5.41, 5.74) is 7.30. The van der Waals surface area contributed by atoms with Gasteiger partial charge in [0.15, 0.2) is 6.61 Å². The number of morpholine rings is 1. The quantitative estimate of drug-likeness (QED) is 0.344. The van der Waals surface area contributed by atoms with Gasteiger partial charge >= 0.3 is 0 Å². The van der Waals surface area contributed by atoms with E-state index in [1.807, 2.05) is 26.0 Å². The van der Waals surface area contributed by atoms with Gasteiger partial charge in [0, 0.05) is 38.9 Å². The Morgan fingerprint density at radius 2 is 1.84 bits per heavy atom. The van der Waals surface area contributed by atoms with E-state index in [4.69, 9.17) is 19.0 Å². The Bertz CT molecular complexity index is 1370. The molecule has 1 aliphatic heterocycles. The van der Waals surface area contributed by atoms with Gasteiger partial charge in [-0.15, -0.1) is 0 Å². The average Bonchev–Trinajstić information content (AvgIpc) is 3.47. The molecule has 3 aromatic heterocycles. The lowest BCUT2D eigenvalue weighted by Gasteiger charge is -2.27. The molecule has 0 saturated carbocycles. The molecule has 4 heterocycles. The van der Waals surface area contributed by atoms with E-state index in [-0.39, 0.29) is 12.5 Å². The van der Waals surface area contributed by atoms with Crippen LogP contribution in [0.1, 0.15) is 22.7 Å².